The first-order chi connectivity index (χ1) is 13.1. The lowest BCUT2D eigenvalue weighted by Crippen LogP contribution is -2.39. The second-order valence-corrected chi connectivity index (χ2v) is 10.4. The van der Waals surface area contributed by atoms with Gasteiger partial charge in [0.25, 0.3) is 0 Å². The molecule has 0 spiro atoms. The van der Waals surface area contributed by atoms with E-state index in [0.717, 1.165) is 37.3 Å². The lowest BCUT2D eigenvalue weighted by molar-refractivity contribution is 0.346. The molecule has 3 rings (SSSR count). The highest BCUT2D eigenvalue weighted by Gasteiger charge is 2.25. The minimum Gasteiger partial charge on any atom is -0.355 e. The largest absolute Gasteiger partial charge is 0.355 e. The number of nitrogens with one attached hydrogen (secondary N) is 2. The second kappa shape index (κ2) is 9.80. The molecular weight excluding hydrogens is 380 g/mol. The predicted molar refractivity (Wildman–Crippen MR) is 113 cm³/mol. The van der Waals surface area contributed by atoms with Crippen LogP contribution >= 0.6 is 11.8 Å². The van der Waals surface area contributed by atoms with Crippen LogP contribution in [0, 0.1) is 0 Å². The van der Waals surface area contributed by atoms with Gasteiger partial charge in [-0.1, -0.05) is 18.6 Å². The fourth-order valence-corrected chi connectivity index (χ4v) is 6.28. The third-order valence-corrected chi connectivity index (χ3v) is 8.35. The van der Waals surface area contributed by atoms with Crippen LogP contribution < -0.4 is 10.6 Å². The number of sulfonamides is 1. The molecular formula is C19H30N4O2S2. The van der Waals surface area contributed by atoms with Gasteiger partial charge in [-0.2, -0.15) is 16.1 Å². The summed E-state index contributed by atoms with van der Waals surface area (Å²) >= 11 is 2.01. The minimum atomic E-state index is -3.39. The Bertz CT molecular complexity index is 740. The molecule has 0 bridgehead atoms. The molecule has 6 nitrogen and oxygen atoms in total. The predicted octanol–water partition coefficient (Wildman–Crippen LogP) is 2.42. The van der Waals surface area contributed by atoms with Crippen LogP contribution in [0.25, 0.3) is 0 Å². The van der Waals surface area contributed by atoms with Crippen molar-refractivity contribution in [3.8, 4) is 0 Å². The van der Waals surface area contributed by atoms with Crippen molar-refractivity contribution in [3.05, 3.63) is 29.8 Å². The fraction of sp³-hybridized carbons (Fsp3) is 0.632. The van der Waals surface area contributed by atoms with Crippen LogP contribution in [0.2, 0.25) is 0 Å². The lowest BCUT2D eigenvalue weighted by Gasteiger charge is -2.26. The third-order valence-electron chi connectivity index (χ3n) is 5.06. The van der Waals surface area contributed by atoms with E-state index in [1.807, 2.05) is 23.9 Å². The van der Waals surface area contributed by atoms with Gasteiger partial charge >= 0.3 is 0 Å². The van der Waals surface area contributed by atoms with Gasteiger partial charge in [-0.25, -0.2) is 8.42 Å². The van der Waals surface area contributed by atoms with Gasteiger partial charge in [0, 0.05) is 38.5 Å². The summed E-state index contributed by atoms with van der Waals surface area (Å²) in [5.74, 6) is 2.00. The van der Waals surface area contributed by atoms with Crippen LogP contribution in [0.1, 0.15) is 37.7 Å². The van der Waals surface area contributed by atoms with Crippen molar-refractivity contribution in [3.63, 3.8) is 0 Å². The molecule has 1 aromatic carbocycles. The number of piperidine rings is 1. The summed E-state index contributed by atoms with van der Waals surface area (Å²) in [6.45, 7) is 2.70. The number of thioether (sulfide) groups is 1. The normalized spacial score (nSPS) is 22.0. The number of hydrogen-bond acceptors (Lipinski definition) is 4. The summed E-state index contributed by atoms with van der Waals surface area (Å²) in [6.07, 6.45) is 5.55. The van der Waals surface area contributed by atoms with Gasteiger partial charge in [0.2, 0.25) is 10.0 Å². The molecule has 0 aliphatic carbocycles. The van der Waals surface area contributed by atoms with Gasteiger partial charge in [-0.15, -0.1) is 0 Å². The maximum Gasteiger partial charge on any atom is 0.243 e. The molecule has 150 valence electrons. The third kappa shape index (κ3) is 5.62. The first-order valence-electron chi connectivity index (χ1n) is 9.75. The van der Waals surface area contributed by atoms with Gasteiger partial charge in [0.1, 0.15) is 0 Å². The van der Waals surface area contributed by atoms with Crippen LogP contribution in [0.15, 0.2) is 34.2 Å². The molecule has 0 aromatic heterocycles. The molecule has 0 radical (unpaired) electrons. The topological polar surface area (TPSA) is 73.8 Å². The zero-order valence-corrected chi connectivity index (χ0v) is 17.6. The number of hydrogen-bond donors (Lipinski definition) is 2. The Balaban J connectivity index is 1.58. The molecule has 0 amide bonds. The summed E-state index contributed by atoms with van der Waals surface area (Å²) in [5, 5.41) is 7.31. The number of nitrogens with zero attached hydrogens (tertiary/aromatic N) is 2. The average molecular weight is 411 g/mol. The van der Waals surface area contributed by atoms with E-state index in [1.165, 1.54) is 18.6 Å². The van der Waals surface area contributed by atoms with E-state index < -0.39 is 10.0 Å². The van der Waals surface area contributed by atoms with Gasteiger partial charge < -0.3 is 10.6 Å². The highest BCUT2D eigenvalue weighted by atomic mass is 32.2. The van der Waals surface area contributed by atoms with Crippen molar-refractivity contribution < 1.29 is 8.42 Å². The Morgan fingerprint density at radius 2 is 2.04 bits per heavy atom. The maximum absolute atomic E-state index is 12.9. The standard InChI is InChI=1S/C19H30N4O2S2/c1-20-19(22-15-17-8-6-12-26-17)21-14-16-7-5-9-18(13-16)27(24,25)23-10-3-2-4-11-23/h5,7,9,13,17H,2-4,6,8,10-12,14-15H2,1H3,(H2,20,21,22). The van der Waals surface area contributed by atoms with E-state index >= 15 is 0 Å². The monoisotopic (exact) mass is 410 g/mol. The Kier molecular flexibility index (Phi) is 7.43. The van der Waals surface area contributed by atoms with E-state index in [2.05, 4.69) is 15.6 Å². The van der Waals surface area contributed by atoms with Crippen LogP contribution in [0.4, 0.5) is 0 Å². The molecule has 2 N–H and O–H groups in total. The number of rotatable bonds is 6. The molecule has 1 aromatic rings. The summed E-state index contributed by atoms with van der Waals surface area (Å²) < 4.78 is 27.3. The maximum atomic E-state index is 12.9. The van der Waals surface area contributed by atoms with Crippen LogP contribution in [-0.4, -0.2) is 56.4 Å². The van der Waals surface area contributed by atoms with Gasteiger partial charge in [0.15, 0.2) is 5.96 Å². The Hall–Kier alpha value is -1.25. The fourth-order valence-electron chi connectivity index (χ4n) is 3.49. The second-order valence-electron chi connectivity index (χ2n) is 7.05. The van der Waals surface area contributed by atoms with Crippen LogP contribution in [0.3, 0.4) is 0 Å². The number of guanidine groups is 1. The van der Waals surface area contributed by atoms with Gasteiger partial charge in [-0.3, -0.25) is 4.99 Å². The Labute approximate surface area is 167 Å². The quantitative estimate of drug-likeness (QED) is 0.557. The van der Waals surface area contributed by atoms with Crippen molar-refractivity contribution in [2.75, 3.05) is 32.4 Å². The first-order valence-corrected chi connectivity index (χ1v) is 12.2. The van der Waals surface area contributed by atoms with Crippen molar-refractivity contribution in [1.29, 1.82) is 0 Å². The number of benzene rings is 1. The Morgan fingerprint density at radius 3 is 2.74 bits per heavy atom. The molecule has 2 aliphatic rings. The molecule has 27 heavy (non-hydrogen) atoms. The van der Waals surface area contributed by atoms with Crippen LogP contribution in [0.5, 0.6) is 0 Å². The zero-order chi connectivity index (χ0) is 19.1. The molecule has 0 saturated carbocycles. The molecule has 1 unspecified atom stereocenters. The van der Waals surface area contributed by atoms with Crippen molar-refractivity contribution in [1.82, 2.24) is 14.9 Å². The van der Waals surface area contributed by atoms with E-state index in [0.29, 0.717) is 29.8 Å². The lowest BCUT2D eigenvalue weighted by atomic mass is 10.2. The van der Waals surface area contributed by atoms with E-state index in [-0.39, 0.29) is 0 Å². The highest BCUT2D eigenvalue weighted by Crippen LogP contribution is 2.25. The number of aliphatic imine (C=N–C) groups is 1. The molecule has 2 saturated heterocycles. The molecule has 8 heteroatoms. The Morgan fingerprint density at radius 1 is 1.22 bits per heavy atom. The van der Waals surface area contributed by atoms with E-state index in [1.54, 1.807) is 23.5 Å². The molecule has 2 aliphatic heterocycles. The van der Waals surface area contributed by atoms with E-state index in [4.69, 9.17) is 0 Å². The minimum absolute atomic E-state index is 0.383. The van der Waals surface area contributed by atoms with Crippen molar-refractivity contribution in [2.45, 2.75) is 48.8 Å². The summed E-state index contributed by atoms with van der Waals surface area (Å²) in [6, 6.07) is 7.23. The molecule has 2 fully saturated rings. The highest BCUT2D eigenvalue weighted by molar-refractivity contribution is 8.00. The first kappa shape index (κ1) is 20.5. The average Bonchev–Trinajstić information content (AvgIpc) is 3.23. The zero-order valence-electron chi connectivity index (χ0n) is 16.0. The SMILES string of the molecule is CN=C(NCc1cccc(S(=O)(=O)N2CCCCC2)c1)NCC1CCCS1. The van der Waals surface area contributed by atoms with Crippen molar-refractivity contribution in [2.24, 2.45) is 4.99 Å². The summed E-state index contributed by atoms with van der Waals surface area (Å²) in [7, 11) is -1.63. The van der Waals surface area contributed by atoms with Crippen molar-refractivity contribution >= 4 is 27.7 Å². The smallest absolute Gasteiger partial charge is 0.243 e. The van der Waals surface area contributed by atoms with E-state index in [9.17, 15) is 8.42 Å². The summed E-state index contributed by atoms with van der Waals surface area (Å²) in [4.78, 5) is 4.65. The van der Waals surface area contributed by atoms with Crippen LogP contribution in [-0.2, 0) is 16.6 Å². The van der Waals surface area contributed by atoms with Gasteiger partial charge in [0.05, 0.1) is 4.90 Å². The molecule has 2 heterocycles. The van der Waals surface area contributed by atoms with Gasteiger partial charge in [-0.05, 0) is 49.1 Å². The summed E-state index contributed by atoms with van der Waals surface area (Å²) in [5.41, 5.74) is 0.936. The molecule has 1 atom stereocenters.